The Morgan fingerprint density at radius 3 is 2.74 bits per heavy atom. The van der Waals surface area contributed by atoms with Crippen LogP contribution in [0.25, 0.3) is 6.08 Å². The van der Waals surface area contributed by atoms with E-state index in [9.17, 15) is 12.8 Å². The molecular weight excluding hydrogens is 271 g/mol. The van der Waals surface area contributed by atoms with Crippen molar-refractivity contribution < 1.29 is 17.3 Å². The molecule has 0 atom stereocenters. The summed E-state index contributed by atoms with van der Waals surface area (Å²) in [6.45, 7) is 1.64. The van der Waals surface area contributed by atoms with Crippen LogP contribution in [0.5, 0.6) is 0 Å². The van der Waals surface area contributed by atoms with E-state index in [1.165, 1.54) is 30.3 Å². The second-order valence-electron chi connectivity index (χ2n) is 3.79. The molecule has 0 saturated carbocycles. The second kappa shape index (κ2) is 5.23. The van der Waals surface area contributed by atoms with E-state index in [1.54, 1.807) is 13.0 Å². The normalized spacial score (nSPS) is 11.9. The van der Waals surface area contributed by atoms with Gasteiger partial charge in [-0.2, -0.15) is 0 Å². The van der Waals surface area contributed by atoms with Crippen LogP contribution in [-0.2, 0) is 10.0 Å². The molecule has 1 aromatic carbocycles. The largest absolute Gasteiger partial charge is 0.360 e. The average Bonchev–Trinajstić information content (AvgIpc) is 2.73. The fraction of sp³-hybridized carbons (Fsp3) is 0.0833. The molecule has 0 aliphatic heterocycles. The lowest BCUT2D eigenvalue weighted by Gasteiger charge is -1.99. The molecule has 0 aliphatic carbocycles. The molecule has 1 heterocycles. The topological polar surface area (TPSA) is 72.2 Å². The van der Waals surface area contributed by atoms with Gasteiger partial charge in [0.2, 0.25) is 0 Å². The standard InChI is InChI=1S/C12H11FN2O3S/c1-9-8-12(14-18-9)15-19(16,17)7-6-10-4-2-3-5-11(10)13/h2-8H,1H3,(H,14,15). The number of aromatic nitrogens is 1. The van der Waals surface area contributed by atoms with Gasteiger partial charge in [0, 0.05) is 11.6 Å². The minimum Gasteiger partial charge on any atom is -0.360 e. The number of anilines is 1. The SMILES string of the molecule is Cc1cc(NS(=O)(=O)C=Cc2ccccc2F)no1. The van der Waals surface area contributed by atoms with Gasteiger partial charge in [-0.05, 0) is 19.1 Å². The zero-order valence-electron chi connectivity index (χ0n) is 10.00. The van der Waals surface area contributed by atoms with Gasteiger partial charge in [-0.25, -0.2) is 12.8 Å². The maximum atomic E-state index is 13.3. The van der Waals surface area contributed by atoms with Crippen LogP contribution in [-0.4, -0.2) is 13.6 Å². The summed E-state index contributed by atoms with van der Waals surface area (Å²) in [6, 6.07) is 7.30. The molecule has 2 rings (SSSR count). The molecule has 100 valence electrons. The van der Waals surface area contributed by atoms with E-state index in [2.05, 4.69) is 9.88 Å². The summed E-state index contributed by atoms with van der Waals surface area (Å²) in [5.41, 5.74) is 0.184. The highest BCUT2D eigenvalue weighted by Crippen LogP contribution is 2.12. The van der Waals surface area contributed by atoms with Gasteiger partial charge in [0.15, 0.2) is 5.82 Å². The third kappa shape index (κ3) is 3.65. The molecule has 0 aliphatic rings. The Morgan fingerprint density at radius 2 is 2.11 bits per heavy atom. The molecule has 1 aromatic heterocycles. The van der Waals surface area contributed by atoms with E-state index < -0.39 is 15.8 Å². The lowest BCUT2D eigenvalue weighted by Crippen LogP contribution is -2.08. The number of halogens is 1. The van der Waals surface area contributed by atoms with Crippen molar-refractivity contribution in [2.24, 2.45) is 0 Å². The smallest absolute Gasteiger partial charge is 0.256 e. The van der Waals surface area contributed by atoms with Crippen molar-refractivity contribution in [3.05, 3.63) is 52.9 Å². The Hall–Kier alpha value is -2.15. The lowest BCUT2D eigenvalue weighted by molar-refractivity contribution is 0.400. The van der Waals surface area contributed by atoms with Crippen LogP contribution in [0.4, 0.5) is 10.2 Å². The molecule has 0 bridgehead atoms. The van der Waals surface area contributed by atoms with Crippen LogP contribution in [0.3, 0.4) is 0 Å². The summed E-state index contributed by atoms with van der Waals surface area (Å²) in [5.74, 6) is 0.0673. The van der Waals surface area contributed by atoms with Crippen LogP contribution in [0.15, 0.2) is 40.3 Å². The summed E-state index contributed by atoms with van der Waals surface area (Å²) in [6.07, 6.45) is 1.17. The van der Waals surface area contributed by atoms with E-state index in [1.807, 2.05) is 0 Å². The second-order valence-corrected chi connectivity index (χ2v) is 5.36. The molecule has 0 unspecified atom stereocenters. The van der Waals surface area contributed by atoms with Gasteiger partial charge in [0.1, 0.15) is 11.6 Å². The van der Waals surface area contributed by atoms with Gasteiger partial charge in [-0.1, -0.05) is 23.4 Å². The Kier molecular flexibility index (Phi) is 3.66. The molecule has 0 saturated heterocycles. The summed E-state index contributed by atoms with van der Waals surface area (Å²) in [7, 11) is -3.76. The van der Waals surface area contributed by atoms with Crippen molar-refractivity contribution >= 4 is 21.9 Å². The highest BCUT2D eigenvalue weighted by molar-refractivity contribution is 7.95. The van der Waals surface area contributed by atoms with Crippen LogP contribution >= 0.6 is 0 Å². The Bertz CT molecular complexity index is 707. The molecule has 0 spiro atoms. The quantitative estimate of drug-likeness (QED) is 0.935. The number of hydrogen-bond donors (Lipinski definition) is 1. The Balaban J connectivity index is 2.15. The highest BCUT2D eigenvalue weighted by atomic mass is 32.2. The fourth-order valence-electron chi connectivity index (χ4n) is 1.37. The number of sulfonamides is 1. The van der Waals surface area contributed by atoms with Crippen molar-refractivity contribution in [2.45, 2.75) is 6.92 Å². The number of hydrogen-bond acceptors (Lipinski definition) is 4. The Labute approximate surface area is 109 Å². The fourth-order valence-corrected chi connectivity index (χ4v) is 2.15. The molecular formula is C12H11FN2O3S. The van der Waals surface area contributed by atoms with Crippen molar-refractivity contribution in [1.82, 2.24) is 5.16 Å². The van der Waals surface area contributed by atoms with Crippen molar-refractivity contribution in [2.75, 3.05) is 4.72 Å². The molecule has 2 aromatic rings. The predicted molar refractivity (Wildman–Crippen MR) is 69.2 cm³/mol. The van der Waals surface area contributed by atoms with E-state index in [4.69, 9.17) is 4.52 Å². The first-order valence-electron chi connectivity index (χ1n) is 5.35. The van der Waals surface area contributed by atoms with Crippen molar-refractivity contribution in [3.8, 4) is 0 Å². The number of nitrogens with zero attached hydrogens (tertiary/aromatic N) is 1. The molecule has 5 nitrogen and oxygen atoms in total. The van der Waals surface area contributed by atoms with Gasteiger partial charge in [-0.3, -0.25) is 4.72 Å². The maximum absolute atomic E-state index is 13.3. The number of nitrogens with one attached hydrogen (secondary N) is 1. The molecule has 19 heavy (non-hydrogen) atoms. The van der Waals surface area contributed by atoms with Gasteiger partial charge < -0.3 is 4.52 Å². The number of aryl methyl sites for hydroxylation is 1. The maximum Gasteiger partial charge on any atom is 0.256 e. The van der Waals surface area contributed by atoms with E-state index in [-0.39, 0.29) is 11.4 Å². The van der Waals surface area contributed by atoms with Gasteiger partial charge in [0.05, 0.1) is 5.41 Å². The molecule has 7 heteroatoms. The highest BCUT2D eigenvalue weighted by Gasteiger charge is 2.09. The minimum atomic E-state index is -3.76. The monoisotopic (exact) mass is 282 g/mol. The van der Waals surface area contributed by atoms with Gasteiger partial charge >= 0.3 is 0 Å². The van der Waals surface area contributed by atoms with E-state index >= 15 is 0 Å². The summed E-state index contributed by atoms with van der Waals surface area (Å²) < 4.78 is 43.6. The van der Waals surface area contributed by atoms with E-state index in [0.29, 0.717) is 5.76 Å². The molecule has 1 N–H and O–H groups in total. The minimum absolute atomic E-state index is 0.0793. The van der Waals surface area contributed by atoms with Gasteiger partial charge in [0.25, 0.3) is 10.0 Å². The first-order valence-corrected chi connectivity index (χ1v) is 6.90. The first-order chi connectivity index (χ1) is 8.96. The van der Waals surface area contributed by atoms with Crippen molar-refractivity contribution in [3.63, 3.8) is 0 Å². The summed E-state index contributed by atoms with van der Waals surface area (Å²) in [4.78, 5) is 0. The van der Waals surface area contributed by atoms with Gasteiger partial charge in [-0.15, -0.1) is 0 Å². The summed E-state index contributed by atoms with van der Waals surface area (Å²) >= 11 is 0. The first kappa shape index (κ1) is 13.3. The molecule has 0 amide bonds. The number of rotatable bonds is 4. The zero-order chi connectivity index (χ0) is 13.9. The predicted octanol–water partition coefficient (Wildman–Crippen LogP) is 2.53. The van der Waals surface area contributed by atoms with Crippen LogP contribution in [0, 0.1) is 12.7 Å². The molecule has 0 radical (unpaired) electrons. The molecule has 0 fully saturated rings. The van der Waals surface area contributed by atoms with Crippen LogP contribution in [0.2, 0.25) is 0 Å². The number of benzene rings is 1. The third-order valence-corrected chi connectivity index (χ3v) is 3.19. The third-order valence-electron chi connectivity index (χ3n) is 2.21. The lowest BCUT2D eigenvalue weighted by atomic mass is 10.2. The zero-order valence-corrected chi connectivity index (χ0v) is 10.8. The Morgan fingerprint density at radius 1 is 1.37 bits per heavy atom. The van der Waals surface area contributed by atoms with E-state index in [0.717, 1.165) is 5.41 Å². The van der Waals surface area contributed by atoms with Crippen molar-refractivity contribution in [1.29, 1.82) is 0 Å². The van der Waals surface area contributed by atoms with Crippen LogP contribution < -0.4 is 4.72 Å². The van der Waals surface area contributed by atoms with Crippen LogP contribution in [0.1, 0.15) is 11.3 Å². The average molecular weight is 282 g/mol. The summed E-state index contributed by atoms with van der Waals surface area (Å²) in [5, 5.41) is 4.37.